The Kier molecular flexibility index (Phi) is 7.64. The fourth-order valence-electron chi connectivity index (χ4n) is 9.98. The molecule has 5 heterocycles. The molecule has 0 aromatic carbocycles. The van der Waals surface area contributed by atoms with E-state index in [0.29, 0.717) is 66.6 Å². The molecule has 8 bridgehead atoms. The van der Waals surface area contributed by atoms with E-state index in [1.165, 1.54) is 16.7 Å². The van der Waals surface area contributed by atoms with Gasteiger partial charge in [0, 0.05) is 72.7 Å². The molecule has 7 nitrogen and oxygen atoms in total. The fraction of sp³-hybridized carbons (Fsp3) is 0.758. The summed E-state index contributed by atoms with van der Waals surface area (Å²) in [6, 6.07) is 2.12. The normalized spacial score (nSPS) is 46.5. The molecular formula is C33H50N4O3. The topological polar surface area (TPSA) is 102 Å². The lowest BCUT2D eigenvalue weighted by atomic mass is 9.77. The second-order valence-electron chi connectivity index (χ2n) is 13.9. The molecule has 13 atom stereocenters. The van der Waals surface area contributed by atoms with Crippen molar-refractivity contribution in [1.82, 2.24) is 21.3 Å². The molecule has 1 aliphatic carbocycles. The van der Waals surface area contributed by atoms with E-state index < -0.39 is 5.97 Å². The van der Waals surface area contributed by atoms with Crippen LogP contribution in [0.3, 0.4) is 0 Å². The number of Topliss-reactive ketones (excluding diaryl/α,β-unsaturated/α-hetero) is 1. The van der Waals surface area contributed by atoms with E-state index in [-0.39, 0.29) is 36.4 Å². The van der Waals surface area contributed by atoms with E-state index in [1.807, 2.05) is 0 Å². The summed E-state index contributed by atoms with van der Waals surface area (Å²) >= 11 is 0. The fourth-order valence-corrected chi connectivity index (χ4v) is 9.98. The van der Waals surface area contributed by atoms with Gasteiger partial charge in [-0.3, -0.25) is 9.59 Å². The number of hydrogen-bond donors (Lipinski definition) is 5. The highest BCUT2D eigenvalue weighted by Gasteiger charge is 2.54. The van der Waals surface area contributed by atoms with Crippen LogP contribution in [0.4, 0.5) is 0 Å². The van der Waals surface area contributed by atoms with Crippen LogP contribution in [0.5, 0.6) is 0 Å². The number of carbonyl (C=O) groups excluding carboxylic acids is 1. The minimum Gasteiger partial charge on any atom is -0.481 e. The van der Waals surface area contributed by atoms with Crippen LogP contribution in [-0.2, 0) is 9.59 Å². The van der Waals surface area contributed by atoms with Gasteiger partial charge in [-0.25, -0.2) is 0 Å². The van der Waals surface area contributed by atoms with Crippen LogP contribution in [0, 0.1) is 29.6 Å². The summed E-state index contributed by atoms with van der Waals surface area (Å²) < 4.78 is 0. The monoisotopic (exact) mass is 550 g/mol. The molecule has 5 aliphatic heterocycles. The molecule has 5 N–H and O–H groups in total. The summed E-state index contributed by atoms with van der Waals surface area (Å²) in [5.74, 6) is 1.23. The number of rotatable bonds is 5. The van der Waals surface area contributed by atoms with Gasteiger partial charge in [0.2, 0.25) is 0 Å². The first-order valence-electron chi connectivity index (χ1n) is 15.9. The summed E-state index contributed by atoms with van der Waals surface area (Å²) in [5, 5.41) is 25.7. The summed E-state index contributed by atoms with van der Waals surface area (Å²) in [7, 11) is 0. The molecule has 6 aliphatic rings. The molecule has 0 spiro atoms. The average Bonchev–Trinajstić information content (AvgIpc) is 3.65. The Morgan fingerprint density at radius 1 is 0.950 bits per heavy atom. The van der Waals surface area contributed by atoms with Crippen molar-refractivity contribution in [2.24, 2.45) is 29.6 Å². The van der Waals surface area contributed by atoms with E-state index >= 15 is 0 Å². The van der Waals surface area contributed by atoms with E-state index in [0.717, 1.165) is 31.3 Å². The van der Waals surface area contributed by atoms with E-state index in [4.69, 9.17) is 0 Å². The first kappa shape index (κ1) is 28.3. The smallest absolute Gasteiger partial charge is 0.303 e. The molecule has 4 fully saturated rings. The lowest BCUT2D eigenvalue weighted by Gasteiger charge is -2.31. The first-order valence-corrected chi connectivity index (χ1v) is 15.9. The number of hydrogen-bond acceptors (Lipinski definition) is 6. The van der Waals surface area contributed by atoms with Crippen molar-refractivity contribution in [3.63, 3.8) is 0 Å². The van der Waals surface area contributed by atoms with Crippen LogP contribution in [0.25, 0.3) is 0 Å². The quantitative estimate of drug-likeness (QED) is 0.333. The summed E-state index contributed by atoms with van der Waals surface area (Å²) in [6.45, 7) is 15.7. The van der Waals surface area contributed by atoms with Crippen molar-refractivity contribution in [2.75, 3.05) is 0 Å². The van der Waals surface area contributed by atoms with Crippen molar-refractivity contribution in [2.45, 2.75) is 128 Å². The third kappa shape index (κ3) is 4.56. The molecule has 220 valence electrons. The zero-order valence-electron chi connectivity index (χ0n) is 25.0. The van der Waals surface area contributed by atoms with Gasteiger partial charge in [-0.1, -0.05) is 38.0 Å². The summed E-state index contributed by atoms with van der Waals surface area (Å²) in [4.78, 5) is 25.2. The average molecular weight is 551 g/mol. The number of carboxylic acids is 1. The van der Waals surface area contributed by atoms with Crippen LogP contribution in [0.1, 0.15) is 79.6 Å². The van der Waals surface area contributed by atoms with Gasteiger partial charge < -0.3 is 26.4 Å². The molecule has 1 saturated carbocycles. The van der Waals surface area contributed by atoms with Crippen molar-refractivity contribution in [3.8, 4) is 0 Å². The SMILES string of the molecule is C=CC1C2CC3NC(CC4NC5C(=C4C)C(=O)CC5C4NC(CC(N2)C1C)[C@@H](C)[C@@H]4CCC(=O)O)C(CC)=C3C. The van der Waals surface area contributed by atoms with Crippen LogP contribution < -0.4 is 21.3 Å². The molecule has 0 aromatic heterocycles. The molecule has 7 heteroatoms. The maximum absolute atomic E-state index is 13.5. The van der Waals surface area contributed by atoms with Crippen LogP contribution in [0.15, 0.2) is 34.9 Å². The highest BCUT2D eigenvalue weighted by molar-refractivity contribution is 6.01. The largest absolute Gasteiger partial charge is 0.481 e. The third-order valence-electron chi connectivity index (χ3n) is 12.2. The molecule has 3 saturated heterocycles. The van der Waals surface area contributed by atoms with Gasteiger partial charge in [0.1, 0.15) is 0 Å². The number of carbonyl (C=O) groups is 2. The van der Waals surface area contributed by atoms with E-state index in [2.05, 4.69) is 68.5 Å². The third-order valence-corrected chi connectivity index (χ3v) is 12.2. The Balaban J connectivity index is 1.38. The molecule has 6 rings (SSSR count). The van der Waals surface area contributed by atoms with Crippen molar-refractivity contribution in [1.29, 1.82) is 0 Å². The predicted molar refractivity (Wildman–Crippen MR) is 158 cm³/mol. The summed E-state index contributed by atoms with van der Waals surface area (Å²) in [6.07, 6.45) is 7.66. The Hall–Kier alpha value is -1.80. The lowest BCUT2D eigenvalue weighted by Crippen LogP contribution is -2.49. The van der Waals surface area contributed by atoms with E-state index in [9.17, 15) is 14.7 Å². The molecule has 0 amide bonds. The van der Waals surface area contributed by atoms with Crippen LogP contribution in [0.2, 0.25) is 0 Å². The molecule has 40 heavy (non-hydrogen) atoms. The molecular weight excluding hydrogens is 500 g/mol. The standard InChI is InChI=1S/C33H50N4O3/c1-7-19-15(3)23-12-25-17(5)21(9-10-30(39)40)32(36-25)22-11-29(38)31-18(6)26(37-33(22)31)14-28-20(8-2)16(4)24(35-28)13-27(19)34-23/h7,15,17,19,21-28,32-37H,1,8-14H2,2-6H3,(H,39,40)/t15?,17-,19?,21-,22?,23?,24?,25?,26?,27?,28?,32?,33?/m0/s1. The molecule has 0 aromatic rings. The van der Waals surface area contributed by atoms with Gasteiger partial charge in [-0.2, -0.15) is 0 Å². The molecule has 11 unspecified atom stereocenters. The maximum atomic E-state index is 13.5. The second kappa shape index (κ2) is 10.8. The van der Waals surface area contributed by atoms with Gasteiger partial charge in [-0.05, 0) is 75.2 Å². The summed E-state index contributed by atoms with van der Waals surface area (Å²) in [5.41, 5.74) is 5.29. The van der Waals surface area contributed by atoms with Crippen LogP contribution >= 0.6 is 0 Å². The molecule has 0 radical (unpaired) electrons. The Bertz CT molecular complexity index is 1130. The van der Waals surface area contributed by atoms with Gasteiger partial charge in [0.05, 0.1) is 0 Å². The van der Waals surface area contributed by atoms with Gasteiger partial charge in [0.15, 0.2) is 5.78 Å². The first-order chi connectivity index (χ1) is 19.1. The Morgan fingerprint density at radius 3 is 2.38 bits per heavy atom. The number of nitrogens with one attached hydrogen (secondary N) is 4. The maximum Gasteiger partial charge on any atom is 0.303 e. The number of ketones is 1. The minimum absolute atomic E-state index is 0.0617. The van der Waals surface area contributed by atoms with Crippen molar-refractivity contribution < 1.29 is 14.7 Å². The Labute approximate surface area is 240 Å². The van der Waals surface area contributed by atoms with E-state index in [1.54, 1.807) is 0 Å². The number of carboxylic acid groups (broad SMARTS) is 1. The van der Waals surface area contributed by atoms with Gasteiger partial charge >= 0.3 is 5.97 Å². The zero-order valence-corrected chi connectivity index (χ0v) is 25.0. The minimum atomic E-state index is -0.730. The lowest BCUT2D eigenvalue weighted by molar-refractivity contribution is -0.137. The second-order valence-corrected chi connectivity index (χ2v) is 13.9. The zero-order chi connectivity index (χ0) is 28.5. The Morgan fingerprint density at radius 2 is 1.68 bits per heavy atom. The van der Waals surface area contributed by atoms with Crippen LogP contribution in [-0.4, -0.2) is 65.2 Å². The van der Waals surface area contributed by atoms with Crippen molar-refractivity contribution >= 4 is 11.8 Å². The van der Waals surface area contributed by atoms with Gasteiger partial charge in [-0.15, -0.1) is 6.58 Å². The highest BCUT2D eigenvalue weighted by Crippen LogP contribution is 2.47. The predicted octanol–water partition coefficient (Wildman–Crippen LogP) is 3.72. The number of fused-ring (bicyclic) bond motifs is 8. The highest BCUT2D eigenvalue weighted by atomic mass is 16.4. The van der Waals surface area contributed by atoms with Crippen molar-refractivity contribution in [3.05, 3.63) is 34.9 Å². The number of aliphatic carboxylic acids is 1. The van der Waals surface area contributed by atoms with Gasteiger partial charge in [0.25, 0.3) is 0 Å².